The Labute approximate surface area is 163 Å². The largest absolute Gasteiger partial charge is 0.346 e. The van der Waals surface area contributed by atoms with Gasteiger partial charge in [-0.05, 0) is 40.8 Å². The van der Waals surface area contributed by atoms with E-state index in [-0.39, 0.29) is 5.91 Å². The molecule has 0 fully saturated rings. The number of benzene rings is 2. The van der Waals surface area contributed by atoms with Gasteiger partial charge in [0.05, 0.1) is 17.9 Å². The first-order valence-electron chi connectivity index (χ1n) is 8.01. The van der Waals surface area contributed by atoms with Crippen LogP contribution in [0.2, 0.25) is 5.02 Å². The molecule has 1 amide bonds. The van der Waals surface area contributed by atoms with Gasteiger partial charge in [-0.25, -0.2) is 9.67 Å². The molecule has 27 heavy (non-hydrogen) atoms. The van der Waals surface area contributed by atoms with Gasteiger partial charge in [0.1, 0.15) is 11.3 Å². The lowest BCUT2D eigenvalue weighted by Gasteiger charge is -2.05. The number of rotatable bonds is 5. The van der Waals surface area contributed by atoms with Crippen molar-refractivity contribution in [2.75, 3.05) is 0 Å². The molecule has 2 aromatic heterocycles. The average molecular weight is 397 g/mol. The maximum Gasteiger partial charge on any atom is 0.251 e. The highest BCUT2D eigenvalue weighted by atomic mass is 35.5. The molecule has 0 aliphatic rings. The lowest BCUT2D eigenvalue weighted by atomic mass is 10.2. The maximum absolute atomic E-state index is 12.4. The Bertz CT molecular complexity index is 1060. The average Bonchev–Trinajstić information content (AvgIpc) is 3.39. The van der Waals surface area contributed by atoms with Crippen LogP contribution < -0.4 is 5.32 Å². The number of nitrogens with zero attached hydrogens (tertiary/aromatic N) is 5. The summed E-state index contributed by atoms with van der Waals surface area (Å²) in [5.74, 6) is -0.187. The molecule has 0 unspecified atom stereocenters. The summed E-state index contributed by atoms with van der Waals surface area (Å²) in [6, 6.07) is 14.6. The van der Waals surface area contributed by atoms with Crippen molar-refractivity contribution in [3.63, 3.8) is 0 Å². The fraction of sp³-hybridized carbons (Fsp3) is 0.0556. The maximum atomic E-state index is 12.4. The molecule has 0 bridgehead atoms. The van der Waals surface area contributed by atoms with Gasteiger partial charge < -0.3 is 5.32 Å². The monoisotopic (exact) mass is 396 g/mol. The fourth-order valence-corrected chi connectivity index (χ4v) is 3.34. The van der Waals surface area contributed by atoms with Gasteiger partial charge in [0.2, 0.25) is 0 Å². The van der Waals surface area contributed by atoms with E-state index in [0.717, 1.165) is 16.3 Å². The highest BCUT2D eigenvalue weighted by Crippen LogP contribution is 2.23. The molecule has 0 saturated carbocycles. The summed E-state index contributed by atoms with van der Waals surface area (Å²) in [5, 5.41) is 17.4. The topological polar surface area (TPSA) is 85.6 Å². The highest BCUT2D eigenvalue weighted by molar-refractivity contribution is 7.09. The normalized spacial score (nSPS) is 10.7. The number of nitrogens with one attached hydrogen (secondary N) is 1. The van der Waals surface area contributed by atoms with Crippen LogP contribution in [0.3, 0.4) is 0 Å². The minimum atomic E-state index is -0.187. The predicted molar refractivity (Wildman–Crippen MR) is 103 cm³/mol. The van der Waals surface area contributed by atoms with Crippen LogP contribution >= 0.6 is 22.9 Å². The smallest absolute Gasteiger partial charge is 0.251 e. The summed E-state index contributed by atoms with van der Waals surface area (Å²) in [6.45, 7) is 0.353. The first kappa shape index (κ1) is 17.3. The quantitative estimate of drug-likeness (QED) is 0.559. The van der Waals surface area contributed by atoms with Crippen molar-refractivity contribution < 1.29 is 4.79 Å². The lowest BCUT2D eigenvalue weighted by molar-refractivity contribution is 0.0951. The Kier molecular flexibility index (Phi) is 4.91. The zero-order valence-corrected chi connectivity index (χ0v) is 15.5. The van der Waals surface area contributed by atoms with E-state index in [9.17, 15) is 4.79 Å². The second-order valence-corrected chi connectivity index (χ2v) is 7.00. The summed E-state index contributed by atoms with van der Waals surface area (Å²) in [7, 11) is 0. The Morgan fingerprint density at radius 2 is 2.04 bits per heavy atom. The van der Waals surface area contributed by atoms with Crippen molar-refractivity contribution in [1.82, 2.24) is 30.5 Å². The molecule has 0 spiro atoms. The van der Waals surface area contributed by atoms with Gasteiger partial charge in [0.25, 0.3) is 5.91 Å². The van der Waals surface area contributed by atoms with E-state index < -0.39 is 0 Å². The minimum Gasteiger partial charge on any atom is -0.346 e. The Hall–Kier alpha value is -3.10. The van der Waals surface area contributed by atoms with Crippen molar-refractivity contribution in [2.24, 2.45) is 0 Å². The van der Waals surface area contributed by atoms with Crippen LogP contribution in [0.5, 0.6) is 0 Å². The second-order valence-electron chi connectivity index (χ2n) is 5.62. The van der Waals surface area contributed by atoms with E-state index in [2.05, 4.69) is 25.8 Å². The van der Waals surface area contributed by atoms with Crippen LogP contribution in [0.25, 0.3) is 16.9 Å². The highest BCUT2D eigenvalue weighted by Gasteiger charge is 2.10. The Balaban J connectivity index is 1.43. The minimum absolute atomic E-state index is 0.187. The van der Waals surface area contributed by atoms with E-state index in [1.165, 1.54) is 22.3 Å². The van der Waals surface area contributed by atoms with E-state index in [0.29, 0.717) is 22.8 Å². The van der Waals surface area contributed by atoms with Crippen molar-refractivity contribution in [2.45, 2.75) is 6.54 Å². The summed E-state index contributed by atoms with van der Waals surface area (Å²) in [4.78, 5) is 17.0. The molecule has 9 heteroatoms. The number of halogens is 1. The molecular formula is C18H13ClN6OS. The van der Waals surface area contributed by atoms with Crippen LogP contribution in [-0.2, 0) is 6.54 Å². The Morgan fingerprint density at radius 3 is 2.81 bits per heavy atom. The van der Waals surface area contributed by atoms with Gasteiger partial charge in [-0.2, -0.15) is 0 Å². The molecule has 0 aliphatic heterocycles. The molecule has 4 aromatic rings. The number of hydrogen-bond donors (Lipinski definition) is 1. The number of carbonyl (C=O) groups excluding carboxylic acids is 1. The zero-order chi connectivity index (χ0) is 18.6. The summed E-state index contributed by atoms with van der Waals surface area (Å²) in [5.41, 5.74) is 3.09. The number of tetrazole rings is 1. The number of thiazole rings is 1. The van der Waals surface area contributed by atoms with Gasteiger partial charge in [0.15, 0.2) is 0 Å². The molecule has 0 atom stereocenters. The first-order chi connectivity index (χ1) is 13.2. The molecule has 134 valence electrons. The molecule has 0 saturated heterocycles. The summed E-state index contributed by atoms with van der Waals surface area (Å²) >= 11 is 7.41. The molecule has 1 N–H and O–H groups in total. The first-order valence-corrected chi connectivity index (χ1v) is 9.27. The molecule has 2 aromatic carbocycles. The van der Waals surface area contributed by atoms with Crippen LogP contribution in [0.4, 0.5) is 0 Å². The zero-order valence-electron chi connectivity index (χ0n) is 13.9. The van der Waals surface area contributed by atoms with Crippen LogP contribution in [0, 0.1) is 0 Å². The van der Waals surface area contributed by atoms with Crippen molar-refractivity contribution in [1.29, 1.82) is 0 Å². The van der Waals surface area contributed by atoms with Crippen LogP contribution in [0.1, 0.15) is 15.4 Å². The third-order valence-electron chi connectivity index (χ3n) is 3.81. The van der Waals surface area contributed by atoms with E-state index in [4.69, 9.17) is 11.6 Å². The molecule has 2 heterocycles. The number of amides is 1. The fourth-order valence-electron chi connectivity index (χ4n) is 2.47. The third kappa shape index (κ3) is 4.02. The lowest BCUT2D eigenvalue weighted by Crippen LogP contribution is -2.22. The summed E-state index contributed by atoms with van der Waals surface area (Å²) < 4.78 is 1.50. The van der Waals surface area contributed by atoms with Gasteiger partial charge in [0, 0.05) is 21.5 Å². The van der Waals surface area contributed by atoms with Crippen molar-refractivity contribution >= 4 is 28.8 Å². The summed E-state index contributed by atoms with van der Waals surface area (Å²) in [6.07, 6.45) is 1.48. The van der Waals surface area contributed by atoms with Crippen LogP contribution in [-0.4, -0.2) is 31.1 Å². The number of hydrogen-bond acceptors (Lipinski definition) is 6. The van der Waals surface area contributed by atoms with Crippen LogP contribution in [0.15, 0.2) is 60.2 Å². The number of aromatic nitrogens is 5. The SMILES string of the molecule is O=C(NCc1nc(-c2ccc(Cl)cc2)cs1)c1cccc(-n2cnnn2)c1. The van der Waals surface area contributed by atoms with Crippen molar-refractivity contribution in [3.05, 3.63) is 75.8 Å². The molecule has 4 rings (SSSR count). The molecular weight excluding hydrogens is 384 g/mol. The van der Waals surface area contributed by atoms with E-state index in [1.807, 2.05) is 35.7 Å². The molecule has 0 radical (unpaired) electrons. The van der Waals surface area contributed by atoms with Gasteiger partial charge in [-0.3, -0.25) is 4.79 Å². The second kappa shape index (κ2) is 7.65. The molecule has 7 nitrogen and oxygen atoms in total. The standard InChI is InChI=1S/C18H13ClN6OS/c19-14-6-4-12(5-7-14)16-10-27-17(22-16)9-20-18(26)13-2-1-3-15(8-13)25-11-21-23-24-25/h1-8,10-11H,9H2,(H,20,26). The van der Waals surface area contributed by atoms with E-state index in [1.54, 1.807) is 18.2 Å². The predicted octanol–water partition coefficient (Wildman–Crippen LogP) is 3.37. The Morgan fingerprint density at radius 1 is 1.19 bits per heavy atom. The third-order valence-corrected chi connectivity index (χ3v) is 4.91. The van der Waals surface area contributed by atoms with Gasteiger partial charge >= 0.3 is 0 Å². The van der Waals surface area contributed by atoms with Crippen molar-refractivity contribution in [3.8, 4) is 16.9 Å². The van der Waals surface area contributed by atoms with Gasteiger partial charge in [-0.1, -0.05) is 29.8 Å². The number of carbonyl (C=O) groups is 1. The molecule has 0 aliphatic carbocycles. The van der Waals surface area contributed by atoms with E-state index >= 15 is 0 Å². The van der Waals surface area contributed by atoms with Gasteiger partial charge in [-0.15, -0.1) is 16.4 Å².